The monoisotopic (exact) mass is 272 g/mol. The van der Waals surface area contributed by atoms with Gasteiger partial charge < -0.3 is 0 Å². The zero-order valence-electron chi connectivity index (χ0n) is 13.5. The number of hydrogen-bond acceptors (Lipinski definition) is 0. The summed E-state index contributed by atoms with van der Waals surface area (Å²) in [5, 5.41) is 0. The van der Waals surface area contributed by atoms with Crippen molar-refractivity contribution in [1.29, 1.82) is 0 Å². The Bertz CT molecular complexity index is 342. The van der Waals surface area contributed by atoms with Gasteiger partial charge in [0.15, 0.2) is 0 Å². The second-order valence-corrected chi connectivity index (χ2v) is 6.54. The summed E-state index contributed by atoms with van der Waals surface area (Å²) >= 11 is 0. The van der Waals surface area contributed by atoms with Crippen molar-refractivity contribution in [2.75, 3.05) is 0 Å². The number of benzene rings is 1. The van der Waals surface area contributed by atoms with Crippen LogP contribution in [-0.4, -0.2) is 0 Å². The van der Waals surface area contributed by atoms with E-state index >= 15 is 0 Å². The molecule has 0 heterocycles. The molecular weight excluding hydrogens is 240 g/mol. The molecule has 2 atom stereocenters. The Morgan fingerprint density at radius 2 is 1.10 bits per heavy atom. The molecule has 20 heavy (non-hydrogen) atoms. The molecule has 1 aromatic rings. The number of hydrogen-bond donors (Lipinski definition) is 0. The second-order valence-electron chi connectivity index (χ2n) is 6.54. The van der Waals surface area contributed by atoms with E-state index in [9.17, 15) is 0 Å². The zero-order valence-corrected chi connectivity index (χ0v) is 13.5. The van der Waals surface area contributed by atoms with Crippen molar-refractivity contribution in [1.82, 2.24) is 0 Å². The molecule has 0 aliphatic heterocycles. The molecular formula is C20H32. The molecule has 1 aromatic carbocycles. The molecule has 0 bridgehead atoms. The predicted octanol–water partition coefficient (Wildman–Crippen LogP) is 6.81. The summed E-state index contributed by atoms with van der Waals surface area (Å²) in [6.45, 7) is 4.60. The normalized spacial score (nSPS) is 20.5. The SMILES string of the molecule is CCCCCCC1c2ccccc2C1CCCCCC. The minimum absolute atomic E-state index is 0.879. The largest absolute Gasteiger partial charge is 0.0654 e. The average molecular weight is 272 g/mol. The Morgan fingerprint density at radius 3 is 1.50 bits per heavy atom. The van der Waals surface area contributed by atoms with Crippen molar-refractivity contribution in [2.24, 2.45) is 0 Å². The Morgan fingerprint density at radius 1 is 0.650 bits per heavy atom. The van der Waals surface area contributed by atoms with Gasteiger partial charge in [-0.2, -0.15) is 0 Å². The maximum absolute atomic E-state index is 2.38. The van der Waals surface area contributed by atoms with Gasteiger partial charge in [-0.05, 0) is 35.8 Å². The highest BCUT2D eigenvalue weighted by molar-refractivity contribution is 5.44. The lowest BCUT2D eigenvalue weighted by atomic mass is 9.64. The summed E-state index contributed by atoms with van der Waals surface area (Å²) in [5.74, 6) is 1.76. The quantitative estimate of drug-likeness (QED) is 0.410. The maximum atomic E-state index is 2.38. The lowest BCUT2D eigenvalue weighted by Gasteiger charge is -2.40. The standard InChI is InChI=1S/C20H32/c1-3-5-7-9-13-17-18(14-10-8-6-4-2)20-16-12-11-15-19(17)20/h11-12,15-18H,3-10,13-14H2,1-2H3. The third-order valence-electron chi connectivity index (χ3n) is 5.02. The molecule has 0 spiro atoms. The summed E-state index contributed by atoms with van der Waals surface area (Å²) in [5.41, 5.74) is 3.34. The third-order valence-corrected chi connectivity index (χ3v) is 5.02. The van der Waals surface area contributed by atoms with Crippen LogP contribution in [0.15, 0.2) is 24.3 Å². The van der Waals surface area contributed by atoms with Crippen molar-refractivity contribution in [3.8, 4) is 0 Å². The summed E-state index contributed by atoms with van der Waals surface area (Å²) in [6, 6.07) is 9.21. The van der Waals surface area contributed by atoms with E-state index in [2.05, 4.69) is 38.1 Å². The second kappa shape index (κ2) is 8.49. The van der Waals surface area contributed by atoms with Crippen molar-refractivity contribution < 1.29 is 0 Å². The van der Waals surface area contributed by atoms with Crippen LogP contribution in [0.25, 0.3) is 0 Å². The van der Waals surface area contributed by atoms with Crippen LogP contribution < -0.4 is 0 Å². The average Bonchev–Trinajstić information content (AvgIpc) is 2.47. The molecule has 0 aromatic heterocycles. The van der Waals surface area contributed by atoms with Gasteiger partial charge in [-0.25, -0.2) is 0 Å². The Balaban J connectivity index is 1.84. The van der Waals surface area contributed by atoms with Gasteiger partial charge >= 0.3 is 0 Å². The molecule has 0 saturated carbocycles. The first-order chi connectivity index (χ1) is 9.88. The first kappa shape index (κ1) is 15.6. The van der Waals surface area contributed by atoms with Gasteiger partial charge in [0.05, 0.1) is 0 Å². The minimum Gasteiger partial charge on any atom is -0.0654 e. The van der Waals surface area contributed by atoms with Crippen LogP contribution >= 0.6 is 0 Å². The Kier molecular flexibility index (Phi) is 6.63. The third kappa shape index (κ3) is 3.87. The molecule has 0 saturated heterocycles. The molecule has 2 unspecified atom stereocenters. The fourth-order valence-corrected chi connectivity index (χ4v) is 3.82. The smallest absolute Gasteiger partial charge is 0.00901 e. The van der Waals surface area contributed by atoms with Gasteiger partial charge in [0.2, 0.25) is 0 Å². The minimum atomic E-state index is 0.879. The van der Waals surface area contributed by atoms with Gasteiger partial charge in [-0.15, -0.1) is 0 Å². The number of rotatable bonds is 10. The van der Waals surface area contributed by atoms with Crippen molar-refractivity contribution in [2.45, 2.75) is 89.9 Å². The van der Waals surface area contributed by atoms with Gasteiger partial charge in [0, 0.05) is 0 Å². The molecule has 0 fully saturated rings. The topological polar surface area (TPSA) is 0 Å². The number of fused-ring (bicyclic) bond motifs is 1. The van der Waals surface area contributed by atoms with E-state index in [1.54, 1.807) is 11.1 Å². The van der Waals surface area contributed by atoms with Crippen molar-refractivity contribution in [3.63, 3.8) is 0 Å². The lowest BCUT2D eigenvalue weighted by molar-refractivity contribution is 0.389. The zero-order chi connectivity index (χ0) is 14.2. The van der Waals surface area contributed by atoms with E-state index in [1.165, 1.54) is 64.2 Å². The molecule has 0 nitrogen and oxygen atoms in total. The van der Waals surface area contributed by atoms with Gasteiger partial charge in [0.25, 0.3) is 0 Å². The summed E-state index contributed by atoms with van der Waals surface area (Å²) < 4.78 is 0. The first-order valence-corrected chi connectivity index (χ1v) is 8.97. The van der Waals surface area contributed by atoms with Crippen LogP contribution in [0.3, 0.4) is 0 Å². The van der Waals surface area contributed by atoms with Crippen molar-refractivity contribution in [3.05, 3.63) is 35.4 Å². The van der Waals surface area contributed by atoms with Crippen LogP contribution in [0.2, 0.25) is 0 Å². The molecule has 0 amide bonds. The van der Waals surface area contributed by atoms with Crippen LogP contribution in [0.1, 0.15) is 101 Å². The van der Waals surface area contributed by atoms with E-state index in [0.29, 0.717) is 0 Å². The van der Waals surface area contributed by atoms with Gasteiger partial charge in [-0.3, -0.25) is 0 Å². The Hall–Kier alpha value is -0.780. The van der Waals surface area contributed by atoms with Crippen LogP contribution in [0.5, 0.6) is 0 Å². The van der Waals surface area contributed by atoms with E-state index in [1.807, 2.05) is 0 Å². The highest BCUT2D eigenvalue weighted by Crippen LogP contribution is 2.51. The van der Waals surface area contributed by atoms with Crippen LogP contribution in [-0.2, 0) is 0 Å². The van der Waals surface area contributed by atoms with Crippen LogP contribution in [0, 0.1) is 0 Å². The van der Waals surface area contributed by atoms with E-state index in [-0.39, 0.29) is 0 Å². The summed E-state index contributed by atoms with van der Waals surface area (Å²) in [6.07, 6.45) is 14.1. The van der Waals surface area contributed by atoms with Crippen molar-refractivity contribution >= 4 is 0 Å². The lowest BCUT2D eigenvalue weighted by Crippen LogP contribution is -2.24. The Labute approximate surface area is 126 Å². The highest BCUT2D eigenvalue weighted by atomic mass is 14.4. The number of unbranched alkanes of at least 4 members (excludes halogenated alkanes) is 6. The fraction of sp³-hybridized carbons (Fsp3) is 0.700. The molecule has 1 aliphatic carbocycles. The summed E-state index contributed by atoms with van der Waals surface area (Å²) in [4.78, 5) is 0. The van der Waals surface area contributed by atoms with E-state index < -0.39 is 0 Å². The predicted molar refractivity (Wildman–Crippen MR) is 89.4 cm³/mol. The highest BCUT2D eigenvalue weighted by Gasteiger charge is 2.35. The van der Waals surface area contributed by atoms with Crippen LogP contribution in [0.4, 0.5) is 0 Å². The molecule has 0 heteroatoms. The molecule has 1 aliphatic rings. The molecule has 0 radical (unpaired) electrons. The van der Waals surface area contributed by atoms with Gasteiger partial charge in [-0.1, -0.05) is 89.5 Å². The van der Waals surface area contributed by atoms with E-state index in [0.717, 1.165) is 11.8 Å². The van der Waals surface area contributed by atoms with Gasteiger partial charge in [0.1, 0.15) is 0 Å². The summed E-state index contributed by atoms with van der Waals surface area (Å²) in [7, 11) is 0. The fourth-order valence-electron chi connectivity index (χ4n) is 3.82. The molecule has 112 valence electrons. The maximum Gasteiger partial charge on any atom is -0.00901 e. The molecule has 0 N–H and O–H groups in total. The van der Waals surface area contributed by atoms with E-state index in [4.69, 9.17) is 0 Å². The first-order valence-electron chi connectivity index (χ1n) is 8.97. The molecule has 2 rings (SSSR count).